The molecule has 1 fully saturated rings. The third-order valence-corrected chi connectivity index (χ3v) is 7.64. The third kappa shape index (κ3) is 5.40. The highest BCUT2D eigenvalue weighted by molar-refractivity contribution is 7.89. The molecule has 0 unspecified atom stereocenters. The van der Waals surface area contributed by atoms with Crippen LogP contribution in [0.25, 0.3) is 0 Å². The topological polar surface area (TPSA) is 119 Å². The Bertz CT molecular complexity index is 1180. The van der Waals surface area contributed by atoms with E-state index < -0.39 is 15.9 Å². The zero-order chi connectivity index (χ0) is 24.3. The van der Waals surface area contributed by atoms with Gasteiger partial charge in [-0.05, 0) is 43.2 Å². The molecule has 2 aromatic rings. The summed E-state index contributed by atoms with van der Waals surface area (Å²) in [6, 6.07) is 8.20. The Morgan fingerprint density at radius 1 is 1.09 bits per heavy atom. The lowest BCUT2D eigenvalue weighted by atomic mass is 10.1. The summed E-state index contributed by atoms with van der Waals surface area (Å²) in [6.45, 7) is 4.02. The van der Waals surface area contributed by atoms with Gasteiger partial charge in [0.2, 0.25) is 10.0 Å². The van der Waals surface area contributed by atoms with Crippen LogP contribution in [0.2, 0.25) is 5.02 Å². The number of hydrogen-bond acceptors (Lipinski definition) is 6. The number of methoxy groups -OCH3 is 1. The van der Waals surface area contributed by atoms with Gasteiger partial charge in [-0.15, -0.1) is 0 Å². The molecule has 33 heavy (non-hydrogen) atoms. The molecule has 0 aromatic heterocycles. The monoisotopic (exact) mass is 495 g/mol. The average molecular weight is 496 g/mol. The number of nitrogens with zero attached hydrogens (tertiary/aromatic N) is 2. The Labute approximate surface area is 198 Å². The molecule has 11 heteroatoms. The Balaban J connectivity index is 1.74. The first-order valence-corrected chi connectivity index (χ1v) is 12.0. The number of sulfonamides is 1. The van der Waals surface area contributed by atoms with Gasteiger partial charge < -0.3 is 20.1 Å². The fraction of sp³-hybridized carbons (Fsp3) is 0.364. The second-order valence-corrected chi connectivity index (χ2v) is 10.0. The Morgan fingerprint density at radius 2 is 1.76 bits per heavy atom. The summed E-state index contributed by atoms with van der Waals surface area (Å²) >= 11 is 6.24. The first kappa shape index (κ1) is 24.8. The number of piperazine rings is 1. The van der Waals surface area contributed by atoms with Crippen molar-refractivity contribution in [3.05, 3.63) is 52.0 Å². The number of benzene rings is 2. The summed E-state index contributed by atoms with van der Waals surface area (Å²) < 4.78 is 38.2. The van der Waals surface area contributed by atoms with Crippen LogP contribution in [-0.2, 0) is 14.8 Å². The van der Waals surface area contributed by atoms with E-state index in [-0.39, 0.29) is 65.7 Å². The van der Waals surface area contributed by atoms with Gasteiger partial charge in [0.25, 0.3) is 11.8 Å². The molecule has 1 saturated heterocycles. The normalized spacial score (nSPS) is 14.7. The van der Waals surface area contributed by atoms with Gasteiger partial charge in [-0.25, -0.2) is 8.42 Å². The molecule has 1 heterocycles. The fourth-order valence-corrected chi connectivity index (χ4v) is 5.56. The smallest absolute Gasteiger partial charge is 0.255 e. The van der Waals surface area contributed by atoms with Crippen molar-refractivity contribution in [2.75, 3.05) is 39.9 Å². The van der Waals surface area contributed by atoms with E-state index in [1.54, 1.807) is 24.0 Å². The number of primary amides is 1. The van der Waals surface area contributed by atoms with E-state index >= 15 is 0 Å². The predicted molar refractivity (Wildman–Crippen MR) is 123 cm³/mol. The summed E-state index contributed by atoms with van der Waals surface area (Å²) in [5, 5.41) is 0.0927. The van der Waals surface area contributed by atoms with Crippen LogP contribution in [0.1, 0.15) is 21.5 Å². The lowest BCUT2D eigenvalue weighted by Gasteiger charge is -2.34. The zero-order valence-corrected chi connectivity index (χ0v) is 20.2. The standard InChI is InChI=1S/C22H26ClN3O6S/c1-14-4-5-15(2)19(10-14)33(29,30)26-8-6-25(7-9-26)22(28)16-11-17(23)21(18(12-16)31-3)32-13-20(24)27/h4-5,10-12H,6-9,13H2,1-3H3,(H2,24,27). The van der Waals surface area contributed by atoms with Crippen molar-refractivity contribution >= 4 is 33.4 Å². The maximum absolute atomic E-state index is 13.1. The van der Waals surface area contributed by atoms with Gasteiger partial charge in [0.15, 0.2) is 18.1 Å². The Hall–Kier alpha value is -2.82. The third-order valence-electron chi connectivity index (χ3n) is 5.32. The zero-order valence-electron chi connectivity index (χ0n) is 18.6. The number of ether oxygens (including phenoxy) is 2. The lowest BCUT2D eigenvalue weighted by Crippen LogP contribution is -2.50. The largest absolute Gasteiger partial charge is 0.493 e. The molecule has 2 amide bonds. The van der Waals surface area contributed by atoms with E-state index in [1.807, 2.05) is 13.0 Å². The molecular weight excluding hydrogens is 470 g/mol. The van der Waals surface area contributed by atoms with Crippen LogP contribution in [0, 0.1) is 13.8 Å². The molecule has 178 valence electrons. The fourth-order valence-electron chi connectivity index (χ4n) is 3.57. The van der Waals surface area contributed by atoms with Crippen LogP contribution in [-0.4, -0.2) is 69.3 Å². The van der Waals surface area contributed by atoms with Gasteiger partial charge in [-0.2, -0.15) is 4.31 Å². The van der Waals surface area contributed by atoms with E-state index in [0.29, 0.717) is 5.56 Å². The molecule has 2 N–H and O–H groups in total. The van der Waals surface area contributed by atoms with Crippen molar-refractivity contribution in [2.24, 2.45) is 5.73 Å². The molecule has 2 aromatic carbocycles. The molecule has 0 saturated carbocycles. The number of halogens is 1. The Morgan fingerprint density at radius 3 is 2.36 bits per heavy atom. The molecule has 1 aliphatic heterocycles. The Kier molecular flexibility index (Phi) is 7.51. The van der Waals surface area contributed by atoms with Gasteiger partial charge in [-0.3, -0.25) is 9.59 Å². The van der Waals surface area contributed by atoms with Gasteiger partial charge in [0, 0.05) is 31.7 Å². The molecule has 9 nitrogen and oxygen atoms in total. The lowest BCUT2D eigenvalue weighted by molar-refractivity contribution is -0.119. The second-order valence-electron chi connectivity index (χ2n) is 7.71. The second kappa shape index (κ2) is 9.98. The van der Waals surface area contributed by atoms with Crippen molar-refractivity contribution in [1.29, 1.82) is 0 Å². The van der Waals surface area contributed by atoms with Crippen molar-refractivity contribution in [3.8, 4) is 11.5 Å². The van der Waals surface area contributed by atoms with E-state index in [2.05, 4.69) is 0 Å². The van der Waals surface area contributed by atoms with Gasteiger partial charge in [0.05, 0.1) is 17.0 Å². The minimum atomic E-state index is -3.67. The van der Waals surface area contributed by atoms with E-state index in [1.165, 1.54) is 23.5 Å². The van der Waals surface area contributed by atoms with Crippen LogP contribution < -0.4 is 15.2 Å². The molecule has 0 atom stereocenters. The number of rotatable bonds is 7. The SMILES string of the molecule is COc1cc(C(=O)N2CCN(S(=O)(=O)c3cc(C)ccc3C)CC2)cc(Cl)c1OCC(N)=O. The first-order chi connectivity index (χ1) is 15.5. The molecule has 3 rings (SSSR count). The minimum Gasteiger partial charge on any atom is -0.493 e. The van der Waals surface area contributed by atoms with Crippen LogP contribution in [0.5, 0.6) is 11.5 Å². The van der Waals surface area contributed by atoms with Gasteiger partial charge >= 0.3 is 0 Å². The number of hydrogen-bond donors (Lipinski definition) is 1. The highest BCUT2D eigenvalue weighted by Gasteiger charge is 2.32. The summed E-state index contributed by atoms with van der Waals surface area (Å²) in [6.07, 6.45) is 0. The molecular formula is C22H26ClN3O6S. The van der Waals surface area contributed by atoms with Gasteiger partial charge in [-0.1, -0.05) is 23.7 Å². The molecule has 0 spiro atoms. The van der Waals surface area contributed by atoms with E-state index in [4.69, 9.17) is 26.8 Å². The number of aryl methyl sites for hydroxylation is 2. The maximum Gasteiger partial charge on any atom is 0.255 e. The average Bonchev–Trinajstić information content (AvgIpc) is 2.78. The van der Waals surface area contributed by atoms with Crippen LogP contribution in [0.4, 0.5) is 0 Å². The van der Waals surface area contributed by atoms with Crippen molar-refractivity contribution in [2.45, 2.75) is 18.7 Å². The minimum absolute atomic E-state index is 0.0927. The number of carbonyl (C=O) groups excluding carboxylic acids is 2. The quantitative estimate of drug-likeness (QED) is 0.627. The maximum atomic E-state index is 13.1. The summed E-state index contributed by atoms with van der Waals surface area (Å²) in [5.74, 6) is -0.704. The predicted octanol–water partition coefficient (Wildman–Crippen LogP) is 1.98. The van der Waals surface area contributed by atoms with Gasteiger partial charge in [0.1, 0.15) is 0 Å². The number of amides is 2. The molecule has 1 aliphatic rings. The number of nitrogens with two attached hydrogens (primary N) is 1. The van der Waals surface area contributed by atoms with Crippen LogP contribution in [0.3, 0.4) is 0 Å². The van der Waals surface area contributed by atoms with Crippen LogP contribution >= 0.6 is 11.6 Å². The van der Waals surface area contributed by atoms with E-state index in [9.17, 15) is 18.0 Å². The summed E-state index contributed by atoms with van der Waals surface area (Å²) in [5.41, 5.74) is 6.90. The number of carbonyl (C=O) groups is 2. The van der Waals surface area contributed by atoms with E-state index in [0.717, 1.165) is 5.56 Å². The van der Waals surface area contributed by atoms with Crippen molar-refractivity contribution < 1.29 is 27.5 Å². The molecule has 0 bridgehead atoms. The highest BCUT2D eigenvalue weighted by atomic mass is 35.5. The first-order valence-electron chi connectivity index (χ1n) is 10.2. The highest BCUT2D eigenvalue weighted by Crippen LogP contribution is 2.37. The van der Waals surface area contributed by atoms with Crippen molar-refractivity contribution in [1.82, 2.24) is 9.21 Å². The summed E-state index contributed by atoms with van der Waals surface area (Å²) in [7, 11) is -2.28. The molecule has 0 aliphatic carbocycles. The van der Waals surface area contributed by atoms with Crippen molar-refractivity contribution in [3.63, 3.8) is 0 Å². The van der Waals surface area contributed by atoms with Crippen LogP contribution in [0.15, 0.2) is 35.2 Å². The molecule has 0 radical (unpaired) electrons. The summed E-state index contributed by atoms with van der Waals surface area (Å²) in [4.78, 5) is 25.9.